The standard InChI is InChI=1S/C21H29N3O/c1-4-24-16(2)14-19(17(24)3)21(25)22-20(15-23-12-8-9-13-23)18-10-6-5-7-11-18/h5-7,10-11,14,20H,4,8-9,12-13,15H2,1-3H3,(H,22,25). The second-order valence-corrected chi connectivity index (χ2v) is 6.97. The highest BCUT2D eigenvalue weighted by Crippen LogP contribution is 2.20. The first kappa shape index (κ1) is 17.7. The van der Waals surface area contributed by atoms with E-state index in [1.807, 2.05) is 31.2 Å². The van der Waals surface area contributed by atoms with Crippen LogP contribution in [0.3, 0.4) is 0 Å². The molecule has 1 fully saturated rings. The molecule has 0 spiro atoms. The van der Waals surface area contributed by atoms with Crippen LogP contribution in [0.1, 0.15) is 53.1 Å². The molecule has 1 aromatic heterocycles. The van der Waals surface area contributed by atoms with Crippen LogP contribution in [0.4, 0.5) is 0 Å². The quantitative estimate of drug-likeness (QED) is 0.871. The average Bonchev–Trinajstić information content (AvgIpc) is 3.22. The van der Waals surface area contributed by atoms with E-state index in [4.69, 9.17) is 0 Å². The van der Waals surface area contributed by atoms with E-state index in [0.717, 1.165) is 43.1 Å². The van der Waals surface area contributed by atoms with Gasteiger partial charge in [0.1, 0.15) is 0 Å². The Balaban J connectivity index is 1.80. The fourth-order valence-electron chi connectivity index (χ4n) is 3.90. The minimum atomic E-state index is 0.0245. The SMILES string of the molecule is CCn1c(C)cc(C(=O)NC(CN2CCCC2)c2ccccc2)c1C. The lowest BCUT2D eigenvalue weighted by atomic mass is 10.1. The van der Waals surface area contributed by atoms with Crippen LogP contribution >= 0.6 is 0 Å². The lowest BCUT2D eigenvalue weighted by Crippen LogP contribution is -2.37. The first-order chi connectivity index (χ1) is 12.1. The number of hydrogen-bond acceptors (Lipinski definition) is 2. The van der Waals surface area contributed by atoms with E-state index in [-0.39, 0.29) is 11.9 Å². The van der Waals surface area contributed by atoms with Crippen molar-refractivity contribution in [3.8, 4) is 0 Å². The summed E-state index contributed by atoms with van der Waals surface area (Å²) in [6.45, 7) is 10.2. The van der Waals surface area contributed by atoms with Crippen LogP contribution in [0, 0.1) is 13.8 Å². The maximum absolute atomic E-state index is 13.0. The Bertz CT molecular complexity index is 714. The van der Waals surface area contributed by atoms with Gasteiger partial charge < -0.3 is 14.8 Å². The van der Waals surface area contributed by atoms with Crippen molar-refractivity contribution in [2.45, 2.75) is 46.2 Å². The molecular formula is C21H29N3O. The number of aryl methyl sites for hydroxylation is 1. The predicted molar refractivity (Wildman–Crippen MR) is 102 cm³/mol. The fourth-order valence-corrected chi connectivity index (χ4v) is 3.90. The molecule has 25 heavy (non-hydrogen) atoms. The molecule has 1 aliphatic heterocycles. The number of aromatic nitrogens is 1. The third kappa shape index (κ3) is 3.96. The molecule has 1 atom stereocenters. The van der Waals surface area contributed by atoms with Crippen LogP contribution < -0.4 is 5.32 Å². The summed E-state index contributed by atoms with van der Waals surface area (Å²) in [5, 5.41) is 3.29. The molecule has 4 heteroatoms. The summed E-state index contributed by atoms with van der Waals surface area (Å²) in [5.74, 6) is 0.0286. The van der Waals surface area contributed by atoms with Gasteiger partial charge in [-0.05, 0) is 58.3 Å². The molecule has 2 heterocycles. The maximum Gasteiger partial charge on any atom is 0.253 e. The Labute approximate surface area is 150 Å². The molecule has 134 valence electrons. The first-order valence-corrected chi connectivity index (χ1v) is 9.35. The van der Waals surface area contributed by atoms with Crippen LogP contribution in [0.25, 0.3) is 0 Å². The summed E-state index contributed by atoms with van der Waals surface area (Å²) in [7, 11) is 0. The van der Waals surface area contributed by atoms with Crippen molar-refractivity contribution in [1.82, 2.24) is 14.8 Å². The number of amides is 1. The van der Waals surface area contributed by atoms with E-state index in [9.17, 15) is 4.79 Å². The van der Waals surface area contributed by atoms with Gasteiger partial charge in [0, 0.05) is 24.5 Å². The molecule has 3 rings (SSSR count). The number of hydrogen-bond donors (Lipinski definition) is 1. The van der Waals surface area contributed by atoms with Gasteiger partial charge in [0.2, 0.25) is 0 Å². The molecule has 0 aliphatic carbocycles. The van der Waals surface area contributed by atoms with Crippen LogP contribution in [0.2, 0.25) is 0 Å². The highest BCUT2D eigenvalue weighted by atomic mass is 16.1. The van der Waals surface area contributed by atoms with Gasteiger partial charge in [-0.15, -0.1) is 0 Å². The van der Waals surface area contributed by atoms with Gasteiger partial charge >= 0.3 is 0 Å². The smallest absolute Gasteiger partial charge is 0.253 e. The van der Waals surface area contributed by atoms with Crippen molar-refractivity contribution in [2.75, 3.05) is 19.6 Å². The summed E-state index contributed by atoms with van der Waals surface area (Å²) >= 11 is 0. The van der Waals surface area contributed by atoms with E-state index in [1.54, 1.807) is 0 Å². The minimum absolute atomic E-state index is 0.0245. The number of benzene rings is 1. The van der Waals surface area contributed by atoms with Crippen molar-refractivity contribution < 1.29 is 4.79 Å². The molecule has 4 nitrogen and oxygen atoms in total. The Kier molecular flexibility index (Phi) is 5.59. The van der Waals surface area contributed by atoms with Gasteiger partial charge in [-0.25, -0.2) is 0 Å². The van der Waals surface area contributed by atoms with Gasteiger partial charge in [-0.3, -0.25) is 4.79 Å². The molecule has 0 radical (unpaired) electrons. The van der Waals surface area contributed by atoms with Gasteiger partial charge in [0.05, 0.1) is 11.6 Å². The van der Waals surface area contributed by atoms with E-state index in [2.05, 4.69) is 40.8 Å². The zero-order valence-corrected chi connectivity index (χ0v) is 15.6. The molecule has 1 aromatic carbocycles. The molecule has 0 bridgehead atoms. The molecule has 0 saturated carbocycles. The number of likely N-dealkylation sites (tertiary alicyclic amines) is 1. The molecule has 1 amide bonds. The van der Waals surface area contributed by atoms with Crippen molar-refractivity contribution in [1.29, 1.82) is 0 Å². The second-order valence-electron chi connectivity index (χ2n) is 6.97. The molecule has 1 unspecified atom stereocenters. The van der Waals surface area contributed by atoms with Gasteiger partial charge in [0.25, 0.3) is 5.91 Å². The van der Waals surface area contributed by atoms with E-state index < -0.39 is 0 Å². The number of nitrogens with zero attached hydrogens (tertiary/aromatic N) is 2. The summed E-state index contributed by atoms with van der Waals surface area (Å²) in [6.07, 6.45) is 2.51. The molecule has 1 N–H and O–H groups in total. The van der Waals surface area contributed by atoms with Crippen molar-refractivity contribution in [3.63, 3.8) is 0 Å². The second kappa shape index (κ2) is 7.87. The number of rotatable bonds is 6. The highest BCUT2D eigenvalue weighted by molar-refractivity contribution is 5.96. The summed E-state index contributed by atoms with van der Waals surface area (Å²) < 4.78 is 2.19. The zero-order chi connectivity index (χ0) is 17.8. The topological polar surface area (TPSA) is 37.3 Å². The van der Waals surface area contributed by atoms with E-state index in [0.29, 0.717) is 0 Å². The monoisotopic (exact) mass is 339 g/mol. The predicted octanol–water partition coefficient (Wildman–Crippen LogP) is 3.69. The van der Waals surface area contributed by atoms with Crippen LogP contribution in [0.5, 0.6) is 0 Å². The van der Waals surface area contributed by atoms with Crippen molar-refractivity contribution >= 4 is 5.91 Å². The van der Waals surface area contributed by atoms with Gasteiger partial charge in [-0.2, -0.15) is 0 Å². The molecule has 1 aliphatic rings. The summed E-state index contributed by atoms with van der Waals surface area (Å²) in [4.78, 5) is 15.4. The number of nitrogens with one attached hydrogen (secondary N) is 1. The van der Waals surface area contributed by atoms with Crippen molar-refractivity contribution in [3.05, 3.63) is 58.9 Å². The lowest BCUT2D eigenvalue weighted by molar-refractivity contribution is 0.0926. The number of carbonyl (C=O) groups excluding carboxylic acids is 1. The van der Waals surface area contributed by atoms with Crippen molar-refractivity contribution in [2.24, 2.45) is 0 Å². The molecule has 2 aromatic rings. The third-order valence-electron chi connectivity index (χ3n) is 5.28. The Morgan fingerprint density at radius 2 is 1.84 bits per heavy atom. The third-order valence-corrected chi connectivity index (χ3v) is 5.28. The van der Waals surface area contributed by atoms with Gasteiger partial charge in [-0.1, -0.05) is 30.3 Å². The number of carbonyl (C=O) groups is 1. The normalized spacial score (nSPS) is 16.1. The Hall–Kier alpha value is -2.07. The minimum Gasteiger partial charge on any atom is -0.349 e. The summed E-state index contributed by atoms with van der Waals surface area (Å²) in [5.41, 5.74) is 4.15. The summed E-state index contributed by atoms with van der Waals surface area (Å²) in [6, 6.07) is 12.4. The van der Waals surface area contributed by atoms with Crippen LogP contribution in [0.15, 0.2) is 36.4 Å². The van der Waals surface area contributed by atoms with E-state index in [1.165, 1.54) is 18.4 Å². The maximum atomic E-state index is 13.0. The first-order valence-electron chi connectivity index (χ1n) is 9.35. The fraction of sp³-hybridized carbons (Fsp3) is 0.476. The Morgan fingerprint density at radius 1 is 1.16 bits per heavy atom. The van der Waals surface area contributed by atoms with Crippen LogP contribution in [-0.2, 0) is 6.54 Å². The molecule has 1 saturated heterocycles. The highest BCUT2D eigenvalue weighted by Gasteiger charge is 2.23. The average molecular weight is 339 g/mol. The van der Waals surface area contributed by atoms with Gasteiger partial charge in [0.15, 0.2) is 0 Å². The Morgan fingerprint density at radius 3 is 2.44 bits per heavy atom. The largest absolute Gasteiger partial charge is 0.349 e. The lowest BCUT2D eigenvalue weighted by Gasteiger charge is -2.25. The molecular weight excluding hydrogens is 310 g/mol. The van der Waals surface area contributed by atoms with E-state index >= 15 is 0 Å². The zero-order valence-electron chi connectivity index (χ0n) is 15.6. The van der Waals surface area contributed by atoms with Crippen LogP contribution in [-0.4, -0.2) is 35.0 Å².